The molecule has 0 saturated carbocycles. The zero-order chi connectivity index (χ0) is 21.6. The van der Waals surface area contributed by atoms with E-state index in [9.17, 15) is 0 Å². The van der Waals surface area contributed by atoms with E-state index in [0.717, 1.165) is 0 Å². The van der Waals surface area contributed by atoms with Crippen LogP contribution in [0.15, 0.2) is 95.9 Å². The van der Waals surface area contributed by atoms with Crippen molar-refractivity contribution in [1.82, 2.24) is 4.98 Å². The molecule has 0 amide bonds. The number of aromatic nitrogens is 1. The molecule has 8 heteroatoms. The number of halogens is 1. The minimum Gasteiger partial charge on any atom is -0.222 e. The molecule has 5 nitrogen and oxygen atoms in total. The number of hydrogen-bond donors (Lipinski definition) is 0. The fourth-order valence-electron chi connectivity index (χ4n) is 3.30. The zero-order valence-electron chi connectivity index (χ0n) is 16.1. The molecule has 30 heavy (non-hydrogen) atoms. The third-order valence-electron chi connectivity index (χ3n) is 4.38. The first-order valence-electron chi connectivity index (χ1n) is 8.92. The largest absolute Gasteiger partial charge is 0.222 e. The summed E-state index contributed by atoms with van der Waals surface area (Å²) in [6, 6.07) is 32.8. The molecule has 1 aromatic heterocycles. The van der Waals surface area contributed by atoms with Gasteiger partial charge in [-0.15, -0.1) is 10.2 Å². The SMILES string of the molecule is Cc1nc([P+](c2ccccc2)(c2ccccc2)c2ccccc2)c[se]1.[O-][Cl+3]([O-])([O-])[O-]. The Labute approximate surface area is 184 Å². The predicted molar refractivity (Wildman–Crippen MR) is 111 cm³/mol. The molecule has 1 heterocycles. The molecule has 0 spiro atoms. The fraction of sp³-hybridized carbons (Fsp3) is 0.0455. The summed E-state index contributed by atoms with van der Waals surface area (Å²) in [4.78, 5) is 7.44. The predicted octanol–water partition coefficient (Wildman–Crippen LogP) is -1.69. The molecule has 0 aliphatic rings. The summed E-state index contributed by atoms with van der Waals surface area (Å²) in [5.41, 5.74) is 1.26. The van der Waals surface area contributed by atoms with Crippen molar-refractivity contribution in [3.8, 4) is 0 Å². The average Bonchev–Trinajstić information content (AvgIpc) is 3.16. The van der Waals surface area contributed by atoms with Crippen molar-refractivity contribution in [2.45, 2.75) is 6.92 Å². The van der Waals surface area contributed by atoms with Crippen molar-refractivity contribution in [2.75, 3.05) is 0 Å². The number of rotatable bonds is 4. The van der Waals surface area contributed by atoms with Gasteiger partial charge in [0.2, 0.25) is 0 Å². The van der Waals surface area contributed by atoms with Crippen LogP contribution in [0, 0.1) is 17.2 Å². The summed E-state index contributed by atoms with van der Waals surface area (Å²) in [6.07, 6.45) is 0. The van der Waals surface area contributed by atoms with Gasteiger partial charge in [-0.05, 0) is 0 Å². The molecule has 0 unspecified atom stereocenters. The molecule has 0 N–H and O–H groups in total. The molecule has 0 bridgehead atoms. The van der Waals surface area contributed by atoms with Crippen molar-refractivity contribution < 1.29 is 28.9 Å². The van der Waals surface area contributed by atoms with E-state index < -0.39 is 17.5 Å². The molecule has 4 rings (SSSR count). The molecule has 4 aromatic rings. The average molecular weight is 507 g/mol. The number of benzene rings is 3. The summed E-state index contributed by atoms with van der Waals surface area (Å²) >= 11 is 0.360. The topological polar surface area (TPSA) is 105 Å². The maximum Gasteiger partial charge on any atom is -0.112 e. The van der Waals surface area contributed by atoms with Crippen molar-refractivity contribution in [3.63, 3.8) is 0 Å². The normalized spacial score (nSPS) is 11.5. The van der Waals surface area contributed by atoms with Gasteiger partial charge < -0.3 is 0 Å². The summed E-state index contributed by atoms with van der Waals surface area (Å²) < 4.78 is 35.2. The van der Waals surface area contributed by atoms with E-state index in [1.54, 1.807) is 0 Å². The van der Waals surface area contributed by atoms with Gasteiger partial charge >= 0.3 is 156 Å². The molecule has 3 aromatic carbocycles. The van der Waals surface area contributed by atoms with Gasteiger partial charge in [-0.2, -0.15) is 0 Å². The third-order valence-corrected chi connectivity index (χ3v) is 10.5. The van der Waals surface area contributed by atoms with Crippen LogP contribution in [-0.2, 0) is 0 Å². The van der Waals surface area contributed by atoms with Gasteiger partial charge in [0.25, 0.3) is 0 Å². The molecule has 0 saturated heterocycles. The Morgan fingerprint density at radius 2 is 1.00 bits per heavy atom. The van der Waals surface area contributed by atoms with Gasteiger partial charge in [-0.25, -0.2) is 18.6 Å². The second kappa shape index (κ2) is 9.97. The summed E-state index contributed by atoms with van der Waals surface area (Å²) in [5.74, 6) is 0. The molecule has 154 valence electrons. The van der Waals surface area contributed by atoms with E-state index in [2.05, 4.69) is 103 Å². The van der Waals surface area contributed by atoms with Gasteiger partial charge in [-0.1, -0.05) is 0 Å². The smallest absolute Gasteiger partial charge is 0.112 e. The zero-order valence-corrected chi connectivity index (χ0v) is 19.4. The van der Waals surface area contributed by atoms with Crippen LogP contribution in [0.25, 0.3) is 0 Å². The number of aryl methyl sites for hydroxylation is 1. The van der Waals surface area contributed by atoms with Crippen LogP contribution >= 0.6 is 7.26 Å². The molecular weight excluding hydrogens is 488 g/mol. The number of hydrogen-bond acceptors (Lipinski definition) is 5. The minimum atomic E-state index is -4.94. The Balaban J connectivity index is 0.000000461. The second-order valence-corrected chi connectivity index (χ2v) is 12.6. The van der Waals surface area contributed by atoms with Crippen LogP contribution in [0.2, 0.25) is 0 Å². The Bertz CT molecular complexity index is 954. The minimum absolute atomic E-state index is 0.360. The van der Waals surface area contributed by atoms with E-state index >= 15 is 0 Å². The van der Waals surface area contributed by atoms with Crippen molar-refractivity contribution in [2.24, 2.45) is 0 Å². The Kier molecular flexibility index (Phi) is 7.59. The van der Waals surface area contributed by atoms with Crippen molar-refractivity contribution in [1.29, 1.82) is 0 Å². The van der Waals surface area contributed by atoms with Crippen LogP contribution in [0.3, 0.4) is 0 Å². The van der Waals surface area contributed by atoms with E-state index in [4.69, 9.17) is 23.6 Å². The monoisotopic (exact) mass is 507 g/mol. The van der Waals surface area contributed by atoms with Crippen LogP contribution < -0.4 is 40.0 Å². The van der Waals surface area contributed by atoms with Crippen LogP contribution in [0.4, 0.5) is 0 Å². The maximum atomic E-state index is 8.49. The van der Waals surface area contributed by atoms with E-state index in [1.807, 2.05) is 0 Å². The summed E-state index contributed by atoms with van der Waals surface area (Å²) in [7, 11) is -6.89. The van der Waals surface area contributed by atoms with Gasteiger partial charge in [0, 0.05) is 0 Å². The molecule has 0 aliphatic carbocycles. The van der Waals surface area contributed by atoms with Crippen molar-refractivity contribution in [3.05, 3.63) is 101 Å². The fourth-order valence-corrected chi connectivity index (χ4v) is 9.74. The van der Waals surface area contributed by atoms with Gasteiger partial charge in [0.05, 0.1) is 0 Å². The summed E-state index contributed by atoms with van der Waals surface area (Å²) in [6.45, 7) is 2.15. The number of nitrogens with zero attached hydrogens (tertiary/aromatic N) is 1. The van der Waals surface area contributed by atoms with E-state index in [-0.39, 0.29) is 0 Å². The molecule has 0 aliphatic heterocycles. The van der Waals surface area contributed by atoms with Gasteiger partial charge in [0.15, 0.2) is 0 Å². The third kappa shape index (κ3) is 5.44. The molecular formula is C22H19ClNO4PSe. The Hall–Kier alpha value is -1.85. The quantitative estimate of drug-likeness (QED) is 0.243. The molecule has 0 fully saturated rings. The van der Waals surface area contributed by atoms with E-state index in [0.29, 0.717) is 14.5 Å². The van der Waals surface area contributed by atoms with Crippen LogP contribution in [0.5, 0.6) is 0 Å². The van der Waals surface area contributed by atoms with Crippen LogP contribution in [0.1, 0.15) is 4.57 Å². The standard InChI is InChI=1S/C22H19NPSe.ClHO4/c1-18-23-22(17-25-18)24(19-11-5-2-6-12-19,20-13-7-3-8-14-20)21-15-9-4-10-16-21;2-1(3,4)5/h2-17H,1H3;(H,2,3,4,5)/q+1;/p-1. The Morgan fingerprint density at radius 3 is 1.27 bits per heavy atom. The summed E-state index contributed by atoms with van der Waals surface area (Å²) in [5, 5.41) is 4.11. The Morgan fingerprint density at radius 1 is 0.667 bits per heavy atom. The van der Waals surface area contributed by atoms with Crippen molar-refractivity contribution >= 4 is 43.1 Å². The van der Waals surface area contributed by atoms with E-state index in [1.165, 1.54) is 25.9 Å². The van der Waals surface area contributed by atoms with Crippen LogP contribution in [-0.4, -0.2) is 19.5 Å². The first-order chi connectivity index (χ1) is 14.3. The van der Waals surface area contributed by atoms with Gasteiger partial charge in [0.1, 0.15) is 0 Å². The molecule has 0 atom stereocenters. The first kappa shape index (κ1) is 22.8. The molecule has 0 radical (unpaired) electrons. The first-order valence-corrected chi connectivity index (χ1v) is 13.8. The maximum absolute atomic E-state index is 8.49. The van der Waals surface area contributed by atoms with Gasteiger partial charge in [-0.3, -0.25) is 0 Å². The second-order valence-electron chi connectivity index (χ2n) is 6.28.